The summed E-state index contributed by atoms with van der Waals surface area (Å²) in [7, 11) is 0. The summed E-state index contributed by atoms with van der Waals surface area (Å²) in [5.74, 6) is 0.447. The summed E-state index contributed by atoms with van der Waals surface area (Å²) in [5.41, 5.74) is 0.00592. The lowest BCUT2D eigenvalue weighted by Crippen LogP contribution is -2.51. The van der Waals surface area contributed by atoms with E-state index < -0.39 is 0 Å². The zero-order valence-electron chi connectivity index (χ0n) is 18.8. The van der Waals surface area contributed by atoms with Crippen LogP contribution in [-0.2, 0) is 4.79 Å². The largest absolute Gasteiger partial charge is 0.342 e. The molecule has 1 unspecified atom stereocenters. The van der Waals surface area contributed by atoms with Gasteiger partial charge >= 0.3 is 0 Å². The summed E-state index contributed by atoms with van der Waals surface area (Å²) in [6, 6.07) is 4.52. The Kier molecular flexibility index (Phi) is 6.38. The molecule has 5 rings (SSSR count). The minimum atomic E-state index is -0.0109. The maximum Gasteiger partial charge on any atom is 0.263 e. The van der Waals surface area contributed by atoms with E-state index in [9.17, 15) is 9.59 Å². The van der Waals surface area contributed by atoms with Gasteiger partial charge in [-0.3, -0.25) is 9.59 Å². The molecule has 0 radical (unpaired) electrons. The van der Waals surface area contributed by atoms with Crippen molar-refractivity contribution in [2.75, 3.05) is 39.3 Å². The molecule has 0 aromatic carbocycles. The van der Waals surface area contributed by atoms with E-state index in [1.54, 1.807) is 0 Å². The van der Waals surface area contributed by atoms with Crippen LogP contribution in [0.25, 0.3) is 0 Å². The van der Waals surface area contributed by atoms with Crippen LogP contribution >= 0.6 is 11.3 Å². The van der Waals surface area contributed by atoms with Crippen molar-refractivity contribution in [1.29, 1.82) is 0 Å². The molecular formula is C25H37N3O2S. The predicted octanol–water partition coefficient (Wildman–Crippen LogP) is 4.25. The Hall–Kier alpha value is -1.40. The summed E-state index contributed by atoms with van der Waals surface area (Å²) in [4.78, 5) is 34.5. The monoisotopic (exact) mass is 443 g/mol. The lowest BCUT2D eigenvalue weighted by atomic mass is 9.67. The zero-order chi connectivity index (χ0) is 21.3. The first kappa shape index (κ1) is 21.4. The van der Waals surface area contributed by atoms with Crippen LogP contribution in [0.15, 0.2) is 17.5 Å². The molecule has 3 saturated heterocycles. The molecule has 4 fully saturated rings. The van der Waals surface area contributed by atoms with Gasteiger partial charge in [0, 0.05) is 37.6 Å². The van der Waals surface area contributed by atoms with Gasteiger partial charge in [0.1, 0.15) is 0 Å². The second kappa shape index (κ2) is 9.22. The Morgan fingerprint density at radius 3 is 2.29 bits per heavy atom. The SMILES string of the molecule is O=C(c1cccs1)N1CC(C(=O)N2CCC(N3CCCCC3)CC2)C2(CCCCC2)C1. The van der Waals surface area contributed by atoms with Crippen molar-refractivity contribution in [3.63, 3.8) is 0 Å². The lowest BCUT2D eigenvalue weighted by Gasteiger charge is -2.43. The van der Waals surface area contributed by atoms with Crippen molar-refractivity contribution in [1.82, 2.24) is 14.7 Å². The molecule has 0 bridgehead atoms. The molecule has 5 nitrogen and oxygen atoms in total. The zero-order valence-corrected chi connectivity index (χ0v) is 19.6. The van der Waals surface area contributed by atoms with Crippen LogP contribution in [0.4, 0.5) is 0 Å². The van der Waals surface area contributed by atoms with Gasteiger partial charge in [-0.15, -0.1) is 11.3 Å². The maximum absolute atomic E-state index is 13.8. The standard InChI is InChI=1S/C25H37N3O2S/c29-23(27-15-9-20(10-16-27)26-13-5-2-6-14-26)21-18-28(24(30)22-8-7-17-31-22)19-25(21)11-3-1-4-12-25/h7-8,17,20-21H,1-6,9-16,18-19H2. The number of amides is 2. The van der Waals surface area contributed by atoms with Gasteiger partial charge in [-0.05, 0) is 63.1 Å². The molecule has 1 spiro atoms. The van der Waals surface area contributed by atoms with E-state index in [4.69, 9.17) is 0 Å². The van der Waals surface area contributed by atoms with Gasteiger partial charge in [0.15, 0.2) is 0 Å². The van der Waals surface area contributed by atoms with Crippen LogP contribution in [-0.4, -0.2) is 71.8 Å². The third-order valence-corrected chi connectivity index (χ3v) is 9.36. The molecule has 4 aliphatic rings. The number of rotatable bonds is 3. The quantitative estimate of drug-likeness (QED) is 0.702. The van der Waals surface area contributed by atoms with Gasteiger partial charge in [0.2, 0.25) is 5.91 Å². The van der Waals surface area contributed by atoms with Crippen LogP contribution in [0.1, 0.15) is 73.9 Å². The van der Waals surface area contributed by atoms with Crippen LogP contribution in [0, 0.1) is 11.3 Å². The molecule has 31 heavy (non-hydrogen) atoms. The van der Waals surface area contributed by atoms with Gasteiger partial charge < -0.3 is 14.7 Å². The topological polar surface area (TPSA) is 43.9 Å². The number of carbonyl (C=O) groups excluding carboxylic acids is 2. The Bertz CT molecular complexity index is 760. The molecule has 4 heterocycles. The van der Waals surface area contributed by atoms with E-state index in [2.05, 4.69) is 9.80 Å². The normalized spacial score (nSPS) is 27.7. The first-order chi connectivity index (χ1) is 15.2. The lowest BCUT2D eigenvalue weighted by molar-refractivity contribution is -0.140. The molecule has 2 amide bonds. The van der Waals surface area contributed by atoms with Gasteiger partial charge in [0.05, 0.1) is 10.8 Å². The highest BCUT2D eigenvalue weighted by Crippen LogP contribution is 2.48. The molecule has 1 saturated carbocycles. The smallest absolute Gasteiger partial charge is 0.263 e. The highest BCUT2D eigenvalue weighted by molar-refractivity contribution is 7.12. The summed E-state index contributed by atoms with van der Waals surface area (Å²) in [5, 5.41) is 1.97. The molecule has 1 atom stereocenters. The average molecular weight is 444 g/mol. The second-order valence-electron chi connectivity index (χ2n) is 10.3. The van der Waals surface area contributed by atoms with Crippen molar-refractivity contribution in [3.8, 4) is 0 Å². The molecule has 170 valence electrons. The van der Waals surface area contributed by atoms with Gasteiger partial charge in [-0.1, -0.05) is 31.7 Å². The van der Waals surface area contributed by atoms with Crippen molar-refractivity contribution in [2.24, 2.45) is 11.3 Å². The van der Waals surface area contributed by atoms with Crippen LogP contribution in [0.3, 0.4) is 0 Å². The second-order valence-corrected chi connectivity index (χ2v) is 11.2. The molecule has 1 aliphatic carbocycles. The van der Waals surface area contributed by atoms with Crippen molar-refractivity contribution >= 4 is 23.2 Å². The number of piperidine rings is 2. The summed E-state index contributed by atoms with van der Waals surface area (Å²) in [6.07, 6.45) is 12.1. The molecule has 3 aliphatic heterocycles. The number of thiophene rings is 1. The molecule has 0 N–H and O–H groups in total. The van der Waals surface area contributed by atoms with E-state index in [1.165, 1.54) is 63.0 Å². The highest BCUT2D eigenvalue weighted by Gasteiger charge is 2.52. The fraction of sp³-hybridized carbons (Fsp3) is 0.760. The van der Waals surface area contributed by atoms with E-state index >= 15 is 0 Å². The minimum absolute atomic E-state index is 0.00592. The average Bonchev–Trinajstić information content (AvgIpc) is 3.48. The van der Waals surface area contributed by atoms with E-state index in [1.807, 2.05) is 22.4 Å². The fourth-order valence-electron chi connectivity index (χ4n) is 6.74. The summed E-state index contributed by atoms with van der Waals surface area (Å²) >= 11 is 1.51. The number of hydrogen-bond donors (Lipinski definition) is 0. The maximum atomic E-state index is 13.8. The predicted molar refractivity (Wildman–Crippen MR) is 124 cm³/mol. The third kappa shape index (κ3) is 4.30. The minimum Gasteiger partial charge on any atom is -0.342 e. The number of likely N-dealkylation sites (tertiary alicyclic amines) is 3. The molecule has 6 heteroatoms. The molecular weight excluding hydrogens is 406 g/mol. The first-order valence-corrected chi connectivity index (χ1v) is 13.4. The molecule has 1 aromatic heterocycles. The number of carbonyl (C=O) groups is 2. The van der Waals surface area contributed by atoms with Gasteiger partial charge in [0.25, 0.3) is 5.91 Å². The van der Waals surface area contributed by atoms with Crippen molar-refractivity contribution < 1.29 is 9.59 Å². The number of hydrogen-bond acceptors (Lipinski definition) is 4. The third-order valence-electron chi connectivity index (χ3n) is 8.50. The van der Waals surface area contributed by atoms with Crippen LogP contribution in [0.5, 0.6) is 0 Å². The fourth-order valence-corrected chi connectivity index (χ4v) is 7.43. The highest BCUT2D eigenvalue weighted by atomic mass is 32.1. The van der Waals surface area contributed by atoms with Crippen molar-refractivity contribution in [3.05, 3.63) is 22.4 Å². The van der Waals surface area contributed by atoms with Gasteiger partial charge in [-0.2, -0.15) is 0 Å². The van der Waals surface area contributed by atoms with E-state index in [0.29, 0.717) is 18.5 Å². The Balaban J connectivity index is 1.27. The van der Waals surface area contributed by atoms with E-state index in [0.717, 1.165) is 50.2 Å². The number of nitrogens with zero attached hydrogens (tertiary/aromatic N) is 3. The summed E-state index contributed by atoms with van der Waals surface area (Å²) in [6.45, 7) is 5.65. The van der Waals surface area contributed by atoms with Crippen molar-refractivity contribution in [2.45, 2.75) is 70.3 Å². The van der Waals surface area contributed by atoms with Crippen LogP contribution < -0.4 is 0 Å². The Morgan fingerprint density at radius 1 is 0.903 bits per heavy atom. The Labute approximate surface area is 190 Å². The summed E-state index contributed by atoms with van der Waals surface area (Å²) < 4.78 is 0. The van der Waals surface area contributed by atoms with Gasteiger partial charge in [-0.25, -0.2) is 0 Å². The molecule has 1 aromatic rings. The Morgan fingerprint density at radius 2 is 1.61 bits per heavy atom. The van der Waals surface area contributed by atoms with Crippen LogP contribution in [0.2, 0.25) is 0 Å². The van der Waals surface area contributed by atoms with E-state index in [-0.39, 0.29) is 17.2 Å². The first-order valence-electron chi connectivity index (χ1n) is 12.5.